The number of hydrogen-bond donors (Lipinski definition) is 1. The number of hydrogen-bond acceptors (Lipinski definition) is 5. The molecular weight excluding hydrogens is 325 g/mol. The third-order valence-corrected chi connectivity index (χ3v) is 3.87. The number of carbonyl (C=O) groups excluding carboxylic acids is 2. The van der Waals surface area contributed by atoms with E-state index in [1.807, 2.05) is 19.0 Å². The normalized spacial score (nSPS) is 19.1. The fourth-order valence-electron chi connectivity index (χ4n) is 2.47. The number of aromatic hydroxyl groups is 1. The summed E-state index contributed by atoms with van der Waals surface area (Å²) in [6.07, 6.45) is 5.43. The van der Waals surface area contributed by atoms with E-state index in [-0.39, 0.29) is 24.3 Å². The van der Waals surface area contributed by atoms with E-state index in [1.54, 1.807) is 18.2 Å². The minimum absolute atomic E-state index is 0.0696. The van der Waals surface area contributed by atoms with E-state index >= 15 is 0 Å². The number of phenols is 1. The summed E-state index contributed by atoms with van der Waals surface area (Å²) in [5, 5.41) is 10.3. The molecule has 1 unspecified atom stereocenters. The van der Waals surface area contributed by atoms with Crippen LogP contribution in [0, 0.1) is 0 Å². The number of alkyl halides is 1. The molecule has 1 N–H and O–H groups in total. The number of ketones is 1. The number of allylic oxidation sites excluding steroid dienone is 2. The second-order valence-electron chi connectivity index (χ2n) is 6.01. The molecule has 0 aliphatic carbocycles. The van der Waals surface area contributed by atoms with Crippen LogP contribution in [0.15, 0.2) is 30.4 Å². The van der Waals surface area contributed by atoms with Crippen LogP contribution in [-0.4, -0.2) is 43.7 Å². The standard InChI is InChI=1S/C19H22FNO4/c1-21(2)14-11-13-7-4-3-5-9-16(22)15(20)8-6-10-25-19(24)18(13)17(23)12-14/h4,6-8,11-12,15,23H,3,5,9-10H2,1-2H3. The van der Waals surface area contributed by atoms with Crippen molar-refractivity contribution < 1.29 is 23.8 Å². The molecule has 0 spiro atoms. The number of rotatable bonds is 1. The molecule has 1 aliphatic rings. The molecule has 0 fully saturated rings. The smallest absolute Gasteiger partial charge is 0.342 e. The maximum Gasteiger partial charge on any atom is 0.342 e. The molecule has 1 aromatic carbocycles. The predicted octanol–water partition coefficient (Wildman–Crippen LogP) is 3.28. The zero-order valence-corrected chi connectivity index (χ0v) is 14.4. The van der Waals surface area contributed by atoms with Gasteiger partial charge in [-0.15, -0.1) is 0 Å². The number of fused-ring (bicyclic) bond motifs is 1. The number of cyclic esters (lactones) is 1. The van der Waals surface area contributed by atoms with E-state index in [0.717, 1.165) is 11.8 Å². The van der Waals surface area contributed by atoms with Gasteiger partial charge >= 0.3 is 5.97 Å². The molecule has 0 radical (unpaired) electrons. The second kappa shape index (κ2) is 8.46. The van der Waals surface area contributed by atoms with Crippen LogP contribution < -0.4 is 4.90 Å². The van der Waals surface area contributed by atoms with E-state index < -0.39 is 17.9 Å². The SMILES string of the molecule is CN(C)c1cc(O)c2c(c1)C=CCCCC(=O)C(F)C=CCOC2=O. The molecule has 0 amide bonds. The summed E-state index contributed by atoms with van der Waals surface area (Å²) in [6, 6.07) is 3.26. The molecule has 0 aromatic heterocycles. The summed E-state index contributed by atoms with van der Waals surface area (Å²) in [5.74, 6) is -1.36. The van der Waals surface area contributed by atoms with Crippen molar-refractivity contribution in [2.24, 2.45) is 0 Å². The monoisotopic (exact) mass is 347 g/mol. The third kappa shape index (κ3) is 4.92. The van der Waals surface area contributed by atoms with Gasteiger partial charge in [0, 0.05) is 32.3 Å². The number of carbonyl (C=O) groups is 2. The zero-order valence-electron chi connectivity index (χ0n) is 14.4. The molecule has 0 bridgehead atoms. The Morgan fingerprint density at radius 3 is 2.72 bits per heavy atom. The first kappa shape index (κ1) is 18.7. The van der Waals surface area contributed by atoms with Crippen molar-refractivity contribution in [1.82, 2.24) is 0 Å². The number of esters is 1. The minimum Gasteiger partial charge on any atom is -0.507 e. The van der Waals surface area contributed by atoms with Gasteiger partial charge in [0.15, 0.2) is 12.0 Å². The largest absolute Gasteiger partial charge is 0.507 e. The number of Topliss-reactive ketones (excluding diaryl/α,β-unsaturated/α-hetero) is 1. The van der Waals surface area contributed by atoms with Crippen molar-refractivity contribution in [3.63, 3.8) is 0 Å². The van der Waals surface area contributed by atoms with Crippen LogP contribution in [0.1, 0.15) is 35.2 Å². The van der Waals surface area contributed by atoms with Gasteiger partial charge in [-0.25, -0.2) is 9.18 Å². The first-order valence-corrected chi connectivity index (χ1v) is 8.11. The third-order valence-electron chi connectivity index (χ3n) is 3.87. The predicted molar refractivity (Wildman–Crippen MR) is 94.6 cm³/mol. The van der Waals surface area contributed by atoms with Crippen molar-refractivity contribution in [1.29, 1.82) is 0 Å². The molecule has 1 aliphatic heterocycles. The number of anilines is 1. The number of nitrogens with zero attached hydrogens (tertiary/aromatic N) is 1. The first-order chi connectivity index (χ1) is 11.9. The zero-order chi connectivity index (χ0) is 18.4. The van der Waals surface area contributed by atoms with Gasteiger partial charge in [-0.2, -0.15) is 0 Å². The van der Waals surface area contributed by atoms with Crippen LogP contribution in [-0.2, 0) is 9.53 Å². The van der Waals surface area contributed by atoms with Crippen LogP contribution >= 0.6 is 0 Å². The lowest BCUT2D eigenvalue weighted by Crippen LogP contribution is -2.14. The molecule has 1 aromatic rings. The van der Waals surface area contributed by atoms with Gasteiger partial charge in [-0.3, -0.25) is 4.79 Å². The molecule has 134 valence electrons. The maximum absolute atomic E-state index is 13.6. The van der Waals surface area contributed by atoms with Gasteiger partial charge in [0.1, 0.15) is 17.9 Å². The summed E-state index contributed by atoms with van der Waals surface area (Å²) in [6.45, 7) is -0.176. The van der Waals surface area contributed by atoms with Gasteiger partial charge < -0.3 is 14.7 Å². The van der Waals surface area contributed by atoms with Gasteiger partial charge in [0.05, 0.1) is 0 Å². The maximum atomic E-state index is 13.6. The highest BCUT2D eigenvalue weighted by molar-refractivity contribution is 5.97. The average Bonchev–Trinajstić information content (AvgIpc) is 2.56. The molecule has 2 rings (SSSR count). The molecule has 1 heterocycles. The van der Waals surface area contributed by atoms with Crippen LogP contribution in [0.3, 0.4) is 0 Å². The number of benzene rings is 1. The Labute approximate surface area is 146 Å². The van der Waals surface area contributed by atoms with E-state index in [9.17, 15) is 19.1 Å². The molecule has 0 saturated carbocycles. The number of phenolic OH excluding ortho intramolecular Hbond substituents is 1. The summed E-state index contributed by atoms with van der Waals surface area (Å²) >= 11 is 0. The molecule has 1 atom stereocenters. The number of halogens is 1. The van der Waals surface area contributed by atoms with Crippen molar-refractivity contribution in [2.75, 3.05) is 25.6 Å². The Bertz CT molecular complexity index is 710. The Morgan fingerprint density at radius 2 is 2.00 bits per heavy atom. The van der Waals surface area contributed by atoms with Crippen LogP contribution in [0.25, 0.3) is 6.08 Å². The van der Waals surface area contributed by atoms with E-state index in [2.05, 4.69) is 0 Å². The van der Waals surface area contributed by atoms with Crippen molar-refractivity contribution in [2.45, 2.75) is 25.4 Å². The summed E-state index contributed by atoms with van der Waals surface area (Å²) < 4.78 is 18.7. The van der Waals surface area contributed by atoms with Crippen LogP contribution in [0.2, 0.25) is 0 Å². The molecule has 5 nitrogen and oxygen atoms in total. The molecule has 0 saturated heterocycles. The Morgan fingerprint density at radius 1 is 1.24 bits per heavy atom. The number of ether oxygens (including phenoxy) is 1. The van der Waals surface area contributed by atoms with Crippen LogP contribution in [0.4, 0.5) is 10.1 Å². The highest BCUT2D eigenvalue weighted by atomic mass is 19.1. The lowest BCUT2D eigenvalue weighted by atomic mass is 10.0. The summed E-state index contributed by atoms with van der Waals surface area (Å²) in [4.78, 5) is 25.7. The summed E-state index contributed by atoms with van der Waals surface area (Å²) in [7, 11) is 3.66. The molecular formula is C19H22FNO4. The Balaban J connectivity index is 2.37. The Kier molecular flexibility index (Phi) is 6.33. The second-order valence-corrected chi connectivity index (χ2v) is 6.01. The first-order valence-electron chi connectivity index (χ1n) is 8.11. The highest BCUT2D eigenvalue weighted by Crippen LogP contribution is 2.30. The van der Waals surface area contributed by atoms with E-state index in [4.69, 9.17) is 4.74 Å². The van der Waals surface area contributed by atoms with Crippen molar-refractivity contribution >= 4 is 23.5 Å². The van der Waals surface area contributed by atoms with E-state index in [1.165, 1.54) is 12.1 Å². The highest BCUT2D eigenvalue weighted by Gasteiger charge is 2.19. The van der Waals surface area contributed by atoms with Gasteiger partial charge in [0.2, 0.25) is 0 Å². The fourth-order valence-corrected chi connectivity index (χ4v) is 2.47. The lowest BCUT2D eigenvalue weighted by molar-refractivity contribution is -0.122. The van der Waals surface area contributed by atoms with Crippen molar-refractivity contribution in [3.8, 4) is 5.75 Å². The van der Waals surface area contributed by atoms with Gasteiger partial charge in [-0.1, -0.05) is 12.2 Å². The lowest BCUT2D eigenvalue weighted by Gasteiger charge is -2.16. The molecule has 25 heavy (non-hydrogen) atoms. The van der Waals surface area contributed by atoms with Gasteiger partial charge in [-0.05, 0) is 36.6 Å². The average molecular weight is 347 g/mol. The van der Waals surface area contributed by atoms with Crippen molar-refractivity contribution in [3.05, 3.63) is 41.5 Å². The Hall–Kier alpha value is -2.63. The fraction of sp³-hybridized carbons (Fsp3) is 0.368. The van der Waals surface area contributed by atoms with Gasteiger partial charge in [0.25, 0.3) is 0 Å². The minimum atomic E-state index is -1.69. The topological polar surface area (TPSA) is 66.8 Å². The quantitative estimate of drug-likeness (QED) is 0.624. The van der Waals surface area contributed by atoms with E-state index in [0.29, 0.717) is 18.4 Å². The van der Waals surface area contributed by atoms with Crippen LogP contribution in [0.5, 0.6) is 5.75 Å². The molecule has 6 heteroatoms. The summed E-state index contributed by atoms with van der Waals surface area (Å²) in [5.41, 5.74) is 1.34.